The lowest BCUT2D eigenvalue weighted by Gasteiger charge is -2.06. The standard InChI is InChI=1S/C10H13FN4O2/c11-7-3-6(4-8(12)5-7)9(16)14-1-2-15-10(13)17/h3-5H,1-2,12H2,(H,14,16)(H3,13,15,17). The fraction of sp³-hybridized carbons (Fsp3) is 0.200. The number of hydrogen-bond donors (Lipinski definition) is 4. The molecule has 7 heteroatoms. The van der Waals surface area contributed by atoms with Gasteiger partial charge in [-0.25, -0.2) is 9.18 Å². The van der Waals surface area contributed by atoms with Crippen LogP contribution >= 0.6 is 0 Å². The lowest BCUT2D eigenvalue weighted by Crippen LogP contribution is -2.37. The SMILES string of the molecule is NC(=O)NCCNC(=O)c1cc(N)cc(F)c1. The molecule has 0 spiro atoms. The van der Waals surface area contributed by atoms with Crippen molar-refractivity contribution in [2.24, 2.45) is 5.73 Å². The molecule has 0 atom stereocenters. The van der Waals surface area contributed by atoms with Gasteiger partial charge in [-0.2, -0.15) is 0 Å². The van der Waals surface area contributed by atoms with Crippen molar-refractivity contribution in [3.8, 4) is 0 Å². The summed E-state index contributed by atoms with van der Waals surface area (Å²) in [6.45, 7) is 0.393. The minimum atomic E-state index is -0.672. The second kappa shape index (κ2) is 5.69. The maximum atomic E-state index is 12.9. The zero-order chi connectivity index (χ0) is 12.8. The van der Waals surface area contributed by atoms with Gasteiger partial charge in [0.15, 0.2) is 0 Å². The van der Waals surface area contributed by atoms with Crippen molar-refractivity contribution in [1.82, 2.24) is 10.6 Å². The Labute approximate surface area is 97.2 Å². The highest BCUT2D eigenvalue weighted by Gasteiger charge is 2.07. The molecular formula is C10H13FN4O2. The molecule has 1 aromatic carbocycles. The Morgan fingerprint density at radius 3 is 2.41 bits per heavy atom. The molecule has 0 aliphatic rings. The second-order valence-electron chi connectivity index (χ2n) is 3.32. The topological polar surface area (TPSA) is 110 Å². The highest BCUT2D eigenvalue weighted by atomic mass is 19.1. The summed E-state index contributed by atoms with van der Waals surface area (Å²) in [5.41, 5.74) is 10.5. The molecule has 0 fully saturated rings. The summed E-state index contributed by atoms with van der Waals surface area (Å²) in [7, 11) is 0. The number of benzene rings is 1. The molecule has 1 aromatic rings. The van der Waals surface area contributed by atoms with Gasteiger partial charge in [-0.3, -0.25) is 4.79 Å². The van der Waals surface area contributed by atoms with Gasteiger partial charge < -0.3 is 22.1 Å². The summed E-state index contributed by atoms with van der Waals surface area (Å²) in [5.74, 6) is -1.05. The molecule has 0 saturated heterocycles. The van der Waals surface area contributed by atoms with E-state index in [2.05, 4.69) is 10.6 Å². The second-order valence-corrected chi connectivity index (χ2v) is 3.32. The van der Waals surface area contributed by atoms with E-state index in [1.54, 1.807) is 0 Å². The first-order chi connectivity index (χ1) is 7.99. The molecule has 6 nitrogen and oxygen atoms in total. The first-order valence-electron chi connectivity index (χ1n) is 4.86. The molecule has 3 amide bonds. The number of carbonyl (C=O) groups is 2. The summed E-state index contributed by atoms with van der Waals surface area (Å²) in [5, 5.41) is 4.78. The average Bonchev–Trinajstić information content (AvgIpc) is 2.22. The molecule has 0 saturated carbocycles. The van der Waals surface area contributed by atoms with Crippen molar-refractivity contribution in [2.45, 2.75) is 0 Å². The Morgan fingerprint density at radius 2 is 1.82 bits per heavy atom. The molecule has 92 valence electrons. The van der Waals surface area contributed by atoms with Gasteiger partial charge in [0.25, 0.3) is 5.91 Å². The predicted molar refractivity (Wildman–Crippen MR) is 60.7 cm³/mol. The van der Waals surface area contributed by atoms with Crippen LogP contribution in [0.15, 0.2) is 18.2 Å². The third-order valence-electron chi connectivity index (χ3n) is 1.89. The minimum Gasteiger partial charge on any atom is -0.399 e. The molecule has 0 aliphatic heterocycles. The smallest absolute Gasteiger partial charge is 0.312 e. The van der Waals surface area contributed by atoms with E-state index in [0.29, 0.717) is 0 Å². The Balaban J connectivity index is 2.49. The number of nitrogens with one attached hydrogen (secondary N) is 2. The highest BCUT2D eigenvalue weighted by Crippen LogP contribution is 2.10. The molecule has 0 heterocycles. The normalized spacial score (nSPS) is 9.71. The number of urea groups is 1. The van der Waals surface area contributed by atoms with Crippen molar-refractivity contribution in [3.63, 3.8) is 0 Å². The van der Waals surface area contributed by atoms with Crippen molar-refractivity contribution in [3.05, 3.63) is 29.6 Å². The van der Waals surface area contributed by atoms with E-state index in [1.807, 2.05) is 0 Å². The van der Waals surface area contributed by atoms with Gasteiger partial charge in [-0.1, -0.05) is 0 Å². The summed E-state index contributed by atoms with van der Waals surface area (Å²) in [4.78, 5) is 21.9. The van der Waals surface area contributed by atoms with Crippen LogP contribution in [0.2, 0.25) is 0 Å². The van der Waals surface area contributed by atoms with E-state index in [4.69, 9.17) is 11.5 Å². The molecule has 0 radical (unpaired) electrons. The van der Waals surface area contributed by atoms with E-state index < -0.39 is 17.8 Å². The molecule has 0 unspecified atom stereocenters. The minimum absolute atomic E-state index is 0.126. The molecule has 0 aliphatic carbocycles. The van der Waals surface area contributed by atoms with Crippen LogP contribution in [0.5, 0.6) is 0 Å². The Kier molecular flexibility index (Phi) is 4.27. The van der Waals surface area contributed by atoms with Crippen LogP contribution in [0.3, 0.4) is 0 Å². The summed E-state index contributed by atoms with van der Waals surface area (Å²) < 4.78 is 12.9. The van der Waals surface area contributed by atoms with Gasteiger partial charge >= 0.3 is 6.03 Å². The van der Waals surface area contributed by atoms with Crippen molar-refractivity contribution < 1.29 is 14.0 Å². The molecule has 0 bridgehead atoms. The zero-order valence-electron chi connectivity index (χ0n) is 9.00. The van der Waals surface area contributed by atoms with Crippen molar-refractivity contribution >= 4 is 17.6 Å². The van der Waals surface area contributed by atoms with Gasteiger partial charge in [-0.15, -0.1) is 0 Å². The van der Waals surface area contributed by atoms with Crippen LogP contribution in [0.4, 0.5) is 14.9 Å². The Morgan fingerprint density at radius 1 is 1.18 bits per heavy atom. The number of halogens is 1. The fourth-order valence-electron chi connectivity index (χ4n) is 1.21. The highest BCUT2D eigenvalue weighted by molar-refractivity contribution is 5.95. The zero-order valence-corrected chi connectivity index (χ0v) is 9.00. The molecular weight excluding hydrogens is 227 g/mol. The predicted octanol–water partition coefficient (Wildman–Crippen LogP) is -0.194. The maximum Gasteiger partial charge on any atom is 0.312 e. The van der Waals surface area contributed by atoms with Crippen molar-refractivity contribution in [2.75, 3.05) is 18.8 Å². The van der Waals surface area contributed by atoms with E-state index in [1.165, 1.54) is 6.07 Å². The number of anilines is 1. The van der Waals surface area contributed by atoms with Crippen LogP contribution in [0.1, 0.15) is 10.4 Å². The number of nitrogens with two attached hydrogens (primary N) is 2. The number of nitrogen functional groups attached to an aromatic ring is 1. The number of rotatable bonds is 4. The van der Waals surface area contributed by atoms with Crippen molar-refractivity contribution in [1.29, 1.82) is 0 Å². The third-order valence-corrected chi connectivity index (χ3v) is 1.89. The van der Waals surface area contributed by atoms with Gasteiger partial charge in [0.1, 0.15) is 5.82 Å². The first kappa shape index (κ1) is 12.8. The van der Waals surface area contributed by atoms with Crippen LogP contribution in [0, 0.1) is 5.82 Å². The Hall–Kier alpha value is -2.31. The first-order valence-corrected chi connectivity index (χ1v) is 4.86. The van der Waals surface area contributed by atoms with Crippen LogP contribution in [0.25, 0.3) is 0 Å². The molecule has 0 aromatic heterocycles. The van der Waals surface area contributed by atoms with E-state index in [9.17, 15) is 14.0 Å². The average molecular weight is 240 g/mol. The lowest BCUT2D eigenvalue weighted by atomic mass is 10.2. The molecule has 6 N–H and O–H groups in total. The van der Waals surface area contributed by atoms with Gasteiger partial charge in [0.2, 0.25) is 0 Å². The van der Waals surface area contributed by atoms with Gasteiger partial charge in [0, 0.05) is 24.3 Å². The monoisotopic (exact) mass is 240 g/mol. The summed E-state index contributed by atoms with van der Waals surface area (Å²) in [6, 6.07) is 2.88. The van der Waals surface area contributed by atoms with Gasteiger partial charge in [0.05, 0.1) is 0 Å². The van der Waals surface area contributed by atoms with Crippen LogP contribution in [-0.4, -0.2) is 25.0 Å². The van der Waals surface area contributed by atoms with Crippen LogP contribution in [-0.2, 0) is 0 Å². The number of carbonyl (C=O) groups excluding carboxylic acids is 2. The lowest BCUT2D eigenvalue weighted by molar-refractivity contribution is 0.0953. The third kappa shape index (κ3) is 4.37. The largest absolute Gasteiger partial charge is 0.399 e. The van der Waals surface area contributed by atoms with E-state index >= 15 is 0 Å². The fourth-order valence-corrected chi connectivity index (χ4v) is 1.21. The summed E-state index contributed by atoms with van der Waals surface area (Å²) >= 11 is 0. The number of hydrogen-bond acceptors (Lipinski definition) is 3. The van der Waals surface area contributed by atoms with E-state index in [0.717, 1.165) is 12.1 Å². The molecule has 1 rings (SSSR count). The molecule has 17 heavy (non-hydrogen) atoms. The quantitative estimate of drug-likeness (QED) is 0.432. The summed E-state index contributed by atoms with van der Waals surface area (Å²) in [6.07, 6.45) is 0. The number of primary amides is 1. The maximum absolute atomic E-state index is 12.9. The van der Waals surface area contributed by atoms with Crippen LogP contribution < -0.4 is 22.1 Å². The van der Waals surface area contributed by atoms with Gasteiger partial charge in [-0.05, 0) is 18.2 Å². The van der Waals surface area contributed by atoms with E-state index in [-0.39, 0.29) is 24.3 Å². The number of amides is 3. The Bertz CT molecular complexity index is 416.